The fraction of sp³-hybridized carbons (Fsp3) is 0.368. The predicted octanol–water partition coefficient (Wildman–Crippen LogP) is 8.61. The first-order valence-corrected chi connectivity index (χ1v) is 42.5. The van der Waals surface area contributed by atoms with Crippen molar-refractivity contribution in [2.45, 2.75) is 56.8 Å². The second kappa shape index (κ2) is 44.1. The maximum atomic E-state index is 12.8. The van der Waals surface area contributed by atoms with Crippen LogP contribution in [0.3, 0.4) is 0 Å². The molecule has 0 amide bonds. The summed E-state index contributed by atoms with van der Waals surface area (Å²) in [5.41, 5.74) is 2.66. The van der Waals surface area contributed by atoms with E-state index in [2.05, 4.69) is 136 Å². The SMILES string of the molecule is CSF.O=S(=O)(NCC1CCCO1)Nc1ncnc(OCCOc2ncc(Br)cn2)c1-c1ccc2c(c1)OCO2.O=S(=O)(NC[C@@H]1CCCO1)Nc1ncnc(OCCOc2ncc(Br)cn2)c1-c1ccc2c(c1)OCO2.O=S(=O)(NC[C@H]1CCCO1)Nc1ncnc(OCCOc2ncc(Br)cn2)c1-c1ccc2c(c1)OCO2.[CH3-].[W]. The molecular formula is C68H75Br3FN18O21S4W-. The van der Waals surface area contributed by atoms with E-state index in [0.29, 0.717) is 87.7 Å². The van der Waals surface area contributed by atoms with E-state index in [9.17, 15) is 29.1 Å². The van der Waals surface area contributed by atoms with Gasteiger partial charge in [-0.1, -0.05) is 18.2 Å². The van der Waals surface area contributed by atoms with Crippen LogP contribution in [0, 0.1) is 7.43 Å². The topological polar surface area (TPSA) is 468 Å². The van der Waals surface area contributed by atoms with Crippen molar-refractivity contribution in [1.29, 1.82) is 0 Å². The van der Waals surface area contributed by atoms with Crippen LogP contribution in [0.15, 0.2) is 124 Å². The maximum Gasteiger partial charge on any atom is 0.316 e. The fourth-order valence-electron chi connectivity index (χ4n) is 11.1. The summed E-state index contributed by atoms with van der Waals surface area (Å²) in [6.07, 6.45) is 19.0. The summed E-state index contributed by atoms with van der Waals surface area (Å²) in [6, 6.07) is 16.1. The van der Waals surface area contributed by atoms with Gasteiger partial charge in [0.1, 0.15) is 58.6 Å². The zero-order valence-corrected chi connectivity index (χ0v) is 72.4. The molecule has 6 N–H and O–H groups in total. The van der Waals surface area contributed by atoms with Crippen LogP contribution in [0.1, 0.15) is 38.5 Å². The summed E-state index contributed by atoms with van der Waals surface area (Å²) in [4.78, 5) is 49.5. The molecule has 12 heterocycles. The Labute approximate surface area is 709 Å². The number of aromatic nitrogens is 12. The molecule has 48 heteroatoms. The average Bonchev–Trinajstić information content (AvgIpc) is 1.33. The molecule has 0 radical (unpaired) electrons. The summed E-state index contributed by atoms with van der Waals surface area (Å²) < 4.78 is 188. The first-order valence-electron chi connectivity index (χ1n) is 34.6. The van der Waals surface area contributed by atoms with Crippen LogP contribution in [0.25, 0.3) is 33.4 Å². The molecule has 0 saturated carbocycles. The van der Waals surface area contributed by atoms with Gasteiger partial charge in [-0.3, -0.25) is 14.2 Å². The van der Waals surface area contributed by atoms with Gasteiger partial charge in [0, 0.05) is 116 Å². The Kier molecular flexibility index (Phi) is 34.0. The van der Waals surface area contributed by atoms with Gasteiger partial charge in [0.25, 0.3) is 30.6 Å². The smallest absolute Gasteiger partial charge is 0.316 e. The fourth-order valence-corrected chi connectivity index (χ4v) is 14.3. The summed E-state index contributed by atoms with van der Waals surface area (Å²) in [5, 5.41) is 0. The Morgan fingerprint density at radius 1 is 0.405 bits per heavy atom. The third-order valence-corrected chi connectivity index (χ3v) is 20.4. The summed E-state index contributed by atoms with van der Waals surface area (Å²) in [6.45, 7) is 3.21. The average molecular weight is 2050 g/mol. The van der Waals surface area contributed by atoms with Gasteiger partial charge in [-0.2, -0.15) is 43.3 Å². The number of nitrogens with zero attached hydrogens (tertiary/aromatic N) is 12. The number of hydrogen-bond acceptors (Lipinski definition) is 34. The van der Waals surface area contributed by atoms with E-state index in [0.717, 1.165) is 51.9 Å². The number of hydrogen-bond donors (Lipinski definition) is 6. The Balaban J connectivity index is 0.000000179. The van der Waals surface area contributed by atoms with E-state index in [1.165, 1.54) is 25.2 Å². The van der Waals surface area contributed by atoms with Crippen LogP contribution in [0.5, 0.6) is 70.2 Å². The Morgan fingerprint density at radius 2 is 0.664 bits per heavy atom. The summed E-state index contributed by atoms with van der Waals surface area (Å²) in [7, 11) is -11.9. The van der Waals surface area contributed by atoms with Crippen LogP contribution >= 0.6 is 59.9 Å². The van der Waals surface area contributed by atoms with E-state index in [-0.39, 0.29) is 192 Å². The molecule has 0 spiro atoms. The second-order valence-electron chi connectivity index (χ2n) is 24.0. The van der Waals surface area contributed by atoms with Gasteiger partial charge in [0.05, 0.1) is 48.4 Å². The third-order valence-electron chi connectivity index (χ3n) is 16.1. The molecule has 9 aromatic rings. The van der Waals surface area contributed by atoms with Gasteiger partial charge in [-0.25, -0.2) is 59.8 Å². The van der Waals surface area contributed by atoms with E-state index in [1.54, 1.807) is 91.8 Å². The molecule has 3 aromatic carbocycles. The number of fused-ring (bicyclic) bond motifs is 3. The maximum absolute atomic E-state index is 12.8. The molecule has 3 fully saturated rings. The number of nitrogens with one attached hydrogen (secondary N) is 6. The van der Waals surface area contributed by atoms with Crippen LogP contribution in [-0.2, 0) is 65.9 Å². The van der Waals surface area contributed by atoms with E-state index in [4.69, 9.17) is 71.1 Å². The number of anilines is 3. The zero-order valence-electron chi connectivity index (χ0n) is 61.5. The Bertz CT molecular complexity index is 4550. The predicted molar refractivity (Wildman–Crippen MR) is 423 cm³/mol. The minimum absolute atomic E-state index is 0. The monoisotopic (exact) mass is 2050 g/mol. The zero-order chi connectivity index (χ0) is 79.7. The first kappa shape index (κ1) is 89.5. The van der Waals surface area contributed by atoms with Crippen molar-refractivity contribution in [1.82, 2.24) is 74.0 Å². The summed E-state index contributed by atoms with van der Waals surface area (Å²) in [5.74, 6) is 3.77. The van der Waals surface area contributed by atoms with Crippen molar-refractivity contribution < 1.29 is 121 Å². The molecule has 6 aliphatic rings. The van der Waals surface area contributed by atoms with E-state index < -0.39 is 30.6 Å². The molecule has 3 atom stereocenters. The molecule has 3 saturated heterocycles. The van der Waals surface area contributed by atoms with Crippen LogP contribution in [-0.4, -0.2) is 209 Å². The molecule has 15 rings (SSSR count). The van der Waals surface area contributed by atoms with Crippen LogP contribution in [0.4, 0.5) is 21.3 Å². The molecule has 0 bridgehead atoms. The van der Waals surface area contributed by atoms with Crippen molar-refractivity contribution in [3.8, 4) is 104 Å². The second-order valence-corrected chi connectivity index (χ2v) is 31.5. The van der Waals surface area contributed by atoms with Crippen LogP contribution in [0.2, 0.25) is 0 Å². The van der Waals surface area contributed by atoms with Gasteiger partial charge in [0.15, 0.2) is 52.0 Å². The van der Waals surface area contributed by atoms with E-state index in [1.807, 2.05) is 0 Å². The molecule has 6 aliphatic heterocycles. The van der Waals surface area contributed by atoms with Gasteiger partial charge in [-0.15, -0.1) is 0 Å². The molecule has 0 aliphatic carbocycles. The largest absolute Gasteiger partial charge is 0.473 e. The van der Waals surface area contributed by atoms with E-state index >= 15 is 0 Å². The molecule has 39 nitrogen and oxygen atoms in total. The van der Waals surface area contributed by atoms with Crippen molar-refractivity contribution in [3.05, 3.63) is 132 Å². The van der Waals surface area contributed by atoms with Crippen molar-refractivity contribution in [2.75, 3.05) is 120 Å². The van der Waals surface area contributed by atoms with Crippen molar-refractivity contribution >= 4 is 108 Å². The van der Waals surface area contributed by atoms with Crippen molar-refractivity contribution in [3.63, 3.8) is 0 Å². The molecule has 622 valence electrons. The minimum atomic E-state index is -3.97. The first-order chi connectivity index (χ1) is 55.3. The molecular weight excluding hydrogens is 1980 g/mol. The third kappa shape index (κ3) is 26.6. The number of benzene rings is 3. The van der Waals surface area contributed by atoms with Gasteiger partial charge in [0.2, 0.25) is 38.0 Å². The standard InChI is InChI=1S/3C22H23BrN6O7S.CH3FS.CH3.W/c3*23-15-9-24-22(25-10-15)34-7-6-33-21-19(14-3-4-17-18(8-14)36-13-35-17)20(26-12-27-21)29-37(30,31)28-11-16-2-1-5-32-16;1-3-2;;/h3*3-4,8-10,12,16,28H,1-2,5-7,11,13H2,(H,26,27,29);1H3;1H3;/q;;;;-1;/t2*16-;;;;/m10..../s1. The Morgan fingerprint density at radius 3 is 0.922 bits per heavy atom. The minimum Gasteiger partial charge on any atom is -0.473 e. The molecule has 116 heavy (non-hydrogen) atoms. The molecule has 6 aromatic heterocycles. The molecule has 1 unspecified atom stereocenters. The van der Waals surface area contributed by atoms with Gasteiger partial charge in [-0.05, 0) is 139 Å². The van der Waals surface area contributed by atoms with Crippen molar-refractivity contribution in [2.24, 2.45) is 0 Å². The summed E-state index contributed by atoms with van der Waals surface area (Å²) >= 11 is 10.0. The normalized spacial score (nSPS) is 16.0. The Hall–Kier alpha value is -8.84. The van der Waals surface area contributed by atoms with Gasteiger partial charge >= 0.3 is 18.0 Å². The van der Waals surface area contributed by atoms with Gasteiger partial charge < -0.3 is 78.5 Å². The quantitative estimate of drug-likeness (QED) is 0.0165. The number of halogens is 4. The van der Waals surface area contributed by atoms with Crippen LogP contribution < -0.4 is 85.2 Å². The number of rotatable bonds is 33. The number of ether oxygens (including phenoxy) is 15.